The highest BCUT2D eigenvalue weighted by Gasteiger charge is 2.06. The Balaban J connectivity index is 2.02. The molecule has 6 heteroatoms. The van der Waals surface area contributed by atoms with Crippen molar-refractivity contribution >= 4 is 23.0 Å². The lowest BCUT2D eigenvalue weighted by atomic mass is 10.0. The summed E-state index contributed by atoms with van der Waals surface area (Å²) < 4.78 is 5.72. The van der Waals surface area contributed by atoms with Gasteiger partial charge in [-0.3, -0.25) is 4.79 Å². The van der Waals surface area contributed by atoms with E-state index in [9.17, 15) is 4.79 Å². The molecule has 0 radical (unpaired) electrons. The SMILES string of the molecule is CCCCC(CC)COCCCNC(=O)CON=C(C)c1cccs1. The van der Waals surface area contributed by atoms with Gasteiger partial charge in [-0.2, -0.15) is 0 Å². The molecule has 0 aliphatic heterocycles. The smallest absolute Gasteiger partial charge is 0.260 e. The predicted molar refractivity (Wildman–Crippen MR) is 104 cm³/mol. The minimum atomic E-state index is -0.155. The van der Waals surface area contributed by atoms with Crippen LogP contribution in [0, 0.1) is 5.92 Å². The zero-order chi connectivity index (χ0) is 18.3. The summed E-state index contributed by atoms with van der Waals surface area (Å²) in [6.45, 7) is 8.34. The number of hydrogen-bond acceptors (Lipinski definition) is 5. The number of nitrogens with zero attached hydrogens (tertiary/aromatic N) is 1. The highest BCUT2D eigenvalue weighted by Crippen LogP contribution is 2.12. The molecule has 0 saturated carbocycles. The van der Waals surface area contributed by atoms with E-state index in [2.05, 4.69) is 24.3 Å². The van der Waals surface area contributed by atoms with Crippen molar-refractivity contribution in [2.75, 3.05) is 26.4 Å². The molecule has 1 aromatic heterocycles. The Hall–Kier alpha value is -1.40. The normalized spacial score (nSPS) is 12.8. The number of carbonyl (C=O) groups is 1. The second-order valence-corrected chi connectivity index (χ2v) is 7.07. The number of thiophene rings is 1. The molecule has 5 nitrogen and oxygen atoms in total. The summed E-state index contributed by atoms with van der Waals surface area (Å²) in [5.74, 6) is 0.504. The third kappa shape index (κ3) is 10.2. The Morgan fingerprint density at radius 3 is 2.88 bits per heavy atom. The van der Waals surface area contributed by atoms with Crippen LogP contribution < -0.4 is 5.32 Å². The van der Waals surface area contributed by atoms with Crippen LogP contribution in [0.5, 0.6) is 0 Å². The summed E-state index contributed by atoms with van der Waals surface area (Å²) in [4.78, 5) is 17.8. The number of rotatable bonds is 14. The number of nitrogens with one attached hydrogen (secondary N) is 1. The molecular weight excluding hydrogens is 336 g/mol. The van der Waals surface area contributed by atoms with Gasteiger partial charge in [0.1, 0.15) is 0 Å². The van der Waals surface area contributed by atoms with E-state index in [4.69, 9.17) is 9.57 Å². The lowest BCUT2D eigenvalue weighted by molar-refractivity contribution is -0.125. The van der Waals surface area contributed by atoms with E-state index in [0.29, 0.717) is 19.1 Å². The first-order valence-corrected chi connectivity index (χ1v) is 10.1. The Morgan fingerprint density at radius 1 is 1.36 bits per heavy atom. The van der Waals surface area contributed by atoms with E-state index in [1.54, 1.807) is 11.3 Å². The lowest BCUT2D eigenvalue weighted by Gasteiger charge is -2.14. The fraction of sp³-hybridized carbons (Fsp3) is 0.684. The fourth-order valence-corrected chi connectivity index (χ4v) is 2.99. The Kier molecular flexibility index (Phi) is 12.0. The molecule has 25 heavy (non-hydrogen) atoms. The molecule has 0 fully saturated rings. The van der Waals surface area contributed by atoms with Gasteiger partial charge in [0.2, 0.25) is 0 Å². The van der Waals surface area contributed by atoms with Gasteiger partial charge in [-0.15, -0.1) is 11.3 Å². The zero-order valence-corrected chi connectivity index (χ0v) is 16.6. The maximum absolute atomic E-state index is 11.7. The van der Waals surface area contributed by atoms with Crippen LogP contribution in [0.15, 0.2) is 22.7 Å². The van der Waals surface area contributed by atoms with Gasteiger partial charge in [0.15, 0.2) is 6.61 Å². The topological polar surface area (TPSA) is 59.9 Å². The molecule has 142 valence electrons. The van der Waals surface area contributed by atoms with Crippen molar-refractivity contribution < 1.29 is 14.4 Å². The molecule has 0 aromatic carbocycles. The van der Waals surface area contributed by atoms with E-state index in [0.717, 1.165) is 23.6 Å². The molecule has 0 aliphatic rings. The number of ether oxygens (including phenoxy) is 1. The van der Waals surface area contributed by atoms with Gasteiger partial charge >= 0.3 is 0 Å². The maximum atomic E-state index is 11.7. The van der Waals surface area contributed by atoms with Crippen LogP contribution in [0.4, 0.5) is 0 Å². The summed E-state index contributed by atoms with van der Waals surface area (Å²) in [5.41, 5.74) is 0.782. The number of hydrogen-bond donors (Lipinski definition) is 1. The average Bonchev–Trinajstić information content (AvgIpc) is 3.15. The van der Waals surface area contributed by atoms with Gasteiger partial charge in [-0.25, -0.2) is 0 Å². The Bertz CT molecular complexity index is 489. The second-order valence-electron chi connectivity index (χ2n) is 6.12. The van der Waals surface area contributed by atoms with Crippen LogP contribution in [-0.4, -0.2) is 38.0 Å². The van der Waals surface area contributed by atoms with Crippen molar-refractivity contribution in [1.29, 1.82) is 0 Å². The van der Waals surface area contributed by atoms with Gasteiger partial charge in [-0.05, 0) is 37.1 Å². The van der Waals surface area contributed by atoms with Gasteiger partial charge in [0, 0.05) is 19.8 Å². The van der Waals surface area contributed by atoms with Crippen molar-refractivity contribution in [3.05, 3.63) is 22.4 Å². The summed E-state index contributed by atoms with van der Waals surface area (Å²) in [5, 5.41) is 8.76. The molecule has 1 unspecified atom stereocenters. The zero-order valence-electron chi connectivity index (χ0n) is 15.8. The van der Waals surface area contributed by atoms with Gasteiger partial charge in [-0.1, -0.05) is 44.3 Å². The summed E-state index contributed by atoms with van der Waals surface area (Å²) in [6, 6.07) is 3.93. The Labute approximate surface area is 155 Å². The highest BCUT2D eigenvalue weighted by atomic mass is 32.1. The third-order valence-corrected chi connectivity index (χ3v) is 4.94. The molecular formula is C19H32N2O3S. The molecule has 1 heterocycles. The van der Waals surface area contributed by atoms with Crippen LogP contribution in [0.3, 0.4) is 0 Å². The molecule has 1 aromatic rings. The van der Waals surface area contributed by atoms with Gasteiger partial charge in [0.25, 0.3) is 5.91 Å². The summed E-state index contributed by atoms with van der Waals surface area (Å²) in [7, 11) is 0. The third-order valence-electron chi connectivity index (χ3n) is 3.96. The first-order chi connectivity index (χ1) is 12.2. The first-order valence-electron chi connectivity index (χ1n) is 9.22. The molecule has 0 spiro atoms. The van der Waals surface area contributed by atoms with Crippen LogP contribution >= 0.6 is 11.3 Å². The lowest BCUT2D eigenvalue weighted by Crippen LogP contribution is -2.28. The summed E-state index contributed by atoms with van der Waals surface area (Å²) >= 11 is 1.59. The van der Waals surface area contributed by atoms with Crippen molar-refractivity contribution in [2.45, 2.75) is 52.9 Å². The number of oxime groups is 1. The number of amides is 1. The van der Waals surface area contributed by atoms with Crippen molar-refractivity contribution in [3.8, 4) is 0 Å². The Morgan fingerprint density at radius 2 is 2.20 bits per heavy atom. The largest absolute Gasteiger partial charge is 0.385 e. The molecule has 1 N–H and O–H groups in total. The molecule has 1 amide bonds. The standard InChI is InChI=1S/C19H32N2O3S/c1-4-6-9-17(5-2)14-23-12-8-11-20-19(22)15-24-21-16(3)18-10-7-13-25-18/h7,10,13,17H,4-6,8-9,11-12,14-15H2,1-3H3,(H,20,22). The monoisotopic (exact) mass is 368 g/mol. The number of unbranched alkanes of at least 4 members (excludes halogenated alkanes) is 1. The van der Waals surface area contributed by atoms with Crippen molar-refractivity contribution in [2.24, 2.45) is 11.1 Å². The molecule has 0 aliphatic carbocycles. The average molecular weight is 369 g/mol. The van der Waals surface area contributed by atoms with Crippen LogP contribution in [-0.2, 0) is 14.4 Å². The molecule has 0 saturated heterocycles. The summed E-state index contributed by atoms with van der Waals surface area (Å²) in [6.07, 6.45) is 5.73. The molecule has 1 rings (SSSR count). The minimum absolute atomic E-state index is 0.0570. The predicted octanol–water partition coefficient (Wildman–Crippen LogP) is 4.23. The quantitative estimate of drug-likeness (QED) is 0.304. The highest BCUT2D eigenvalue weighted by molar-refractivity contribution is 7.12. The molecule has 1 atom stereocenters. The van der Waals surface area contributed by atoms with E-state index >= 15 is 0 Å². The van der Waals surface area contributed by atoms with Crippen LogP contribution in [0.25, 0.3) is 0 Å². The minimum Gasteiger partial charge on any atom is -0.385 e. The van der Waals surface area contributed by atoms with E-state index in [1.807, 2.05) is 24.4 Å². The van der Waals surface area contributed by atoms with Gasteiger partial charge < -0.3 is 14.9 Å². The number of carbonyl (C=O) groups excluding carboxylic acids is 1. The maximum Gasteiger partial charge on any atom is 0.260 e. The van der Waals surface area contributed by atoms with E-state index < -0.39 is 0 Å². The first kappa shape index (κ1) is 21.6. The fourth-order valence-electron chi connectivity index (χ4n) is 2.32. The van der Waals surface area contributed by atoms with Crippen LogP contribution in [0.2, 0.25) is 0 Å². The second kappa shape index (κ2) is 13.8. The van der Waals surface area contributed by atoms with Crippen LogP contribution in [0.1, 0.15) is 57.8 Å². The van der Waals surface area contributed by atoms with Gasteiger partial charge in [0.05, 0.1) is 10.6 Å². The van der Waals surface area contributed by atoms with Crippen molar-refractivity contribution in [3.63, 3.8) is 0 Å². The van der Waals surface area contributed by atoms with E-state index in [1.165, 1.54) is 25.7 Å². The molecule has 0 bridgehead atoms. The van der Waals surface area contributed by atoms with Crippen molar-refractivity contribution in [1.82, 2.24) is 5.32 Å². The van der Waals surface area contributed by atoms with E-state index in [-0.39, 0.29) is 12.5 Å².